The fourth-order valence-electron chi connectivity index (χ4n) is 1.34. The fourth-order valence-corrected chi connectivity index (χ4v) is 1.53. The van der Waals surface area contributed by atoms with Crippen molar-refractivity contribution in [2.45, 2.75) is 13.5 Å². The van der Waals surface area contributed by atoms with Gasteiger partial charge in [-0.05, 0) is 31.7 Å². The van der Waals surface area contributed by atoms with E-state index in [2.05, 4.69) is 4.98 Å². The molecule has 88 valence electrons. The number of carbonyl (C=O) groups is 1. The van der Waals surface area contributed by atoms with Gasteiger partial charge in [-0.3, -0.25) is 9.69 Å². The number of nitrogens with zero attached hydrogens (tertiary/aromatic N) is 2. The Morgan fingerprint density at radius 1 is 1.62 bits per heavy atom. The van der Waals surface area contributed by atoms with Crippen molar-refractivity contribution in [3.63, 3.8) is 0 Å². The summed E-state index contributed by atoms with van der Waals surface area (Å²) in [4.78, 5) is 17.0. The SMILES string of the molecule is CCOC(=O)CN(C)Cc1ccnc(Cl)c1. The molecule has 0 unspecified atom stereocenters. The van der Waals surface area contributed by atoms with Gasteiger partial charge in [-0.25, -0.2) is 4.98 Å². The van der Waals surface area contributed by atoms with Crippen LogP contribution < -0.4 is 0 Å². The molecule has 1 rings (SSSR count). The van der Waals surface area contributed by atoms with Gasteiger partial charge < -0.3 is 4.74 Å². The number of esters is 1. The number of ether oxygens (including phenoxy) is 1. The normalized spacial score (nSPS) is 10.5. The molecule has 0 fully saturated rings. The van der Waals surface area contributed by atoms with Crippen LogP contribution in [-0.2, 0) is 16.1 Å². The second-order valence-electron chi connectivity index (χ2n) is 3.46. The van der Waals surface area contributed by atoms with Gasteiger partial charge in [0.2, 0.25) is 0 Å². The molecule has 16 heavy (non-hydrogen) atoms. The lowest BCUT2D eigenvalue weighted by molar-refractivity contribution is -0.144. The Bertz CT molecular complexity index is 358. The van der Waals surface area contributed by atoms with Crippen LogP contribution in [0.25, 0.3) is 0 Å². The highest BCUT2D eigenvalue weighted by atomic mass is 35.5. The minimum atomic E-state index is -0.217. The largest absolute Gasteiger partial charge is 0.465 e. The average Bonchev–Trinajstić information content (AvgIpc) is 2.17. The van der Waals surface area contributed by atoms with Crippen LogP contribution in [0.15, 0.2) is 18.3 Å². The van der Waals surface area contributed by atoms with Crippen molar-refractivity contribution < 1.29 is 9.53 Å². The summed E-state index contributed by atoms with van der Waals surface area (Å²) in [5.41, 5.74) is 1.02. The van der Waals surface area contributed by atoms with Gasteiger partial charge in [0.1, 0.15) is 5.15 Å². The smallest absolute Gasteiger partial charge is 0.320 e. The number of carbonyl (C=O) groups excluding carboxylic acids is 1. The third-order valence-corrected chi connectivity index (χ3v) is 2.15. The molecule has 1 heterocycles. The van der Waals surface area contributed by atoms with Crippen LogP contribution >= 0.6 is 11.6 Å². The summed E-state index contributed by atoms with van der Waals surface area (Å²) in [7, 11) is 1.85. The quantitative estimate of drug-likeness (QED) is 0.583. The maximum atomic E-state index is 11.2. The van der Waals surface area contributed by atoms with E-state index in [0.29, 0.717) is 18.3 Å². The van der Waals surface area contributed by atoms with Crippen molar-refractivity contribution in [3.05, 3.63) is 29.0 Å². The maximum absolute atomic E-state index is 11.2. The molecule has 1 aromatic heterocycles. The highest BCUT2D eigenvalue weighted by molar-refractivity contribution is 6.29. The van der Waals surface area contributed by atoms with E-state index in [9.17, 15) is 4.79 Å². The molecule has 0 amide bonds. The van der Waals surface area contributed by atoms with Crippen molar-refractivity contribution in [2.75, 3.05) is 20.2 Å². The highest BCUT2D eigenvalue weighted by Gasteiger charge is 2.07. The molecule has 4 nitrogen and oxygen atoms in total. The van der Waals surface area contributed by atoms with Gasteiger partial charge in [0.15, 0.2) is 0 Å². The summed E-state index contributed by atoms with van der Waals surface area (Å²) in [6, 6.07) is 3.65. The number of likely N-dealkylation sites (N-methyl/N-ethyl adjacent to an activating group) is 1. The van der Waals surface area contributed by atoms with E-state index < -0.39 is 0 Å². The van der Waals surface area contributed by atoms with E-state index in [1.54, 1.807) is 19.2 Å². The molecular weight excluding hydrogens is 228 g/mol. The highest BCUT2D eigenvalue weighted by Crippen LogP contribution is 2.08. The molecule has 0 radical (unpaired) electrons. The Morgan fingerprint density at radius 2 is 2.38 bits per heavy atom. The van der Waals surface area contributed by atoms with Crippen molar-refractivity contribution >= 4 is 17.6 Å². The van der Waals surface area contributed by atoms with Crippen LogP contribution in [-0.4, -0.2) is 36.1 Å². The third-order valence-electron chi connectivity index (χ3n) is 1.95. The maximum Gasteiger partial charge on any atom is 0.320 e. The predicted octanol–water partition coefficient (Wildman–Crippen LogP) is 1.73. The molecule has 0 spiro atoms. The Balaban J connectivity index is 2.45. The van der Waals surface area contributed by atoms with Crippen LogP contribution in [0.3, 0.4) is 0 Å². The number of halogens is 1. The van der Waals surface area contributed by atoms with Crippen molar-refractivity contribution in [2.24, 2.45) is 0 Å². The van der Waals surface area contributed by atoms with Crippen LogP contribution in [0.4, 0.5) is 0 Å². The summed E-state index contributed by atoms with van der Waals surface area (Å²) in [5, 5.41) is 0.460. The van der Waals surface area contributed by atoms with Gasteiger partial charge >= 0.3 is 5.97 Å². The lowest BCUT2D eigenvalue weighted by Gasteiger charge is -2.15. The topological polar surface area (TPSA) is 42.4 Å². The molecule has 0 bridgehead atoms. The Labute approximate surface area is 100 Å². The monoisotopic (exact) mass is 242 g/mol. The zero-order valence-corrected chi connectivity index (χ0v) is 10.2. The number of hydrogen-bond donors (Lipinski definition) is 0. The minimum Gasteiger partial charge on any atom is -0.465 e. The lowest BCUT2D eigenvalue weighted by atomic mass is 10.2. The third kappa shape index (κ3) is 4.59. The predicted molar refractivity (Wildman–Crippen MR) is 62.2 cm³/mol. The van der Waals surface area contributed by atoms with Crippen LogP contribution in [0, 0.1) is 0 Å². The second kappa shape index (κ2) is 6.45. The first-order chi connectivity index (χ1) is 7.61. The molecule has 1 aromatic rings. The lowest BCUT2D eigenvalue weighted by Crippen LogP contribution is -2.27. The van der Waals surface area contributed by atoms with Crippen molar-refractivity contribution in [3.8, 4) is 0 Å². The zero-order valence-electron chi connectivity index (χ0n) is 9.44. The first-order valence-electron chi connectivity index (χ1n) is 5.06. The van der Waals surface area contributed by atoms with E-state index in [1.165, 1.54) is 0 Å². The van der Waals surface area contributed by atoms with Crippen LogP contribution in [0.2, 0.25) is 5.15 Å². The second-order valence-corrected chi connectivity index (χ2v) is 3.85. The molecule has 0 aliphatic rings. The summed E-state index contributed by atoms with van der Waals surface area (Å²) >= 11 is 5.76. The van der Waals surface area contributed by atoms with Gasteiger partial charge in [-0.15, -0.1) is 0 Å². The number of hydrogen-bond acceptors (Lipinski definition) is 4. The van der Waals surface area contributed by atoms with Gasteiger partial charge in [-0.1, -0.05) is 11.6 Å². The zero-order chi connectivity index (χ0) is 12.0. The van der Waals surface area contributed by atoms with Crippen LogP contribution in [0.1, 0.15) is 12.5 Å². The van der Waals surface area contributed by atoms with E-state index in [-0.39, 0.29) is 12.5 Å². The summed E-state index contributed by atoms with van der Waals surface area (Å²) < 4.78 is 4.85. The van der Waals surface area contributed by atoms with Gasteiger partial charge in [-0.2, -0.15) is 0 Å². The molecule has 0 saturated heterocycles. The van der Waals surface area contributed by atoms with E-state index in [0.717, 1.165) is 5.56 Å². The molecule has 5 heteroatoms. The molecule has 0 aromatic carbocycles. The summed E-state index contributed by atoms with van der Waals surface area (Å²) in [6.07, 6.45) is 1.65. The number of rotatable bonds is 5. The summed E-state index contributed by atoms with van der Waals surface area (Å²) in [6.45, 7) is 3.11. The van der Waals surface area contributed by atoms with Gasteiger partial charge in [0, 0.05) is 12.7 Å². The first-order valence-corrected chi connectivity index (χ1v) is 5.44. The van der Waals surface area contributed by atoms with E-state index in [4.69, 9.17) is 16.3 Å². The summed E-state index contributed by atoms with van der Waals surface area (Å²) in [5.74, 6) is -0.217. The van der Waals surface area contributed by atoms with E-state index >= 15 is 0 Å². The Morgan fingerprint density at radius 3 is 3.00 bits per heavy atom. The van der Waals surface area contributed by atoms with Crippen molar-refractivity contribution in [1.29, 1.82) is 0 Å². The standard InChI is InChI=1S/C11H15ClN2O2/c1-3-16-11(15)8-14(2)7-9-4-5-13-10(12)6-9/h4-6H,3,7-8H2,1-2H3. The number of pyridine rings is 1. The molecule has 0 aliphatic heterocycles. The molecule has 0 aliphatic carbocycles. The average molecular weight is 243 g/mol. The minimum absolute atomic E-state index is 0.217. The fraction of sp³-hybridized carbons (Fsp3) is 0.455. The number of aromatic nitrogens is 1. The molecule has 0 atom stereocenters. The Kier molecular flexibility index (Phi) is 5.22. The van der Waals surface area contributed by atoms with Gasteiger partial charge in [0.05, 0.1) is 13.2 Å². The van der Waals surface area contributed by atoms with Gasteiger partial charge in [0.25, 0.3) is 0 Å². The molecule has 0 saturated carbocycles. The van der Waals surface area contributed by atoms with Crippen molar-refractivity contribution in [1.82, 2.24) is 9.88 Å². The first kappa shape index (κ1) is 12.9. The molecular formula is C11H15ClN2O2. The Hall–Kier alpha value is -1.13. The van der Waals surface area contributed by atoms with Crippen LogP contribution in [0.5, 0.6) is 0 Å². The molecule has 0 N–H and O–H groups in total. The van der Waals surface area contributed by atoms with E-state index in [1.807, 2.05) is 18.0 Å².